The second kappa shape index (κ2) is 6.33. The Morgan fingerprint density at radius 3 is 2.92 bits per heavy atom. The number of aromatic nitrogens is 2. The summed E-state index contributed by atoms with van der Waals surface area (Å²) in [7, 11) is 0. The minimum absolute atomic E-state index is 0.194. The number of hydrogen-bond acceptors (Lipinski definition) is 5. The molecule has 2 heterocycles. The molecule has 1 aliphatic heterocycles. The SMILES string of the molecule is CCc1nc2ccc(Br)cc2c(=O)n1N=Cc1ccc2c(c1)OCO2. The zero-order valence-corrected chi connectivity index (χ0v) is 15.0. The molecule has 0 amide bonds. The van der Waals surface area contributed by atoms with Crippen molar-refractivity contribution in [1.82, 2.24) is 9.66 Å². The summed E-state index contributed by atoms with van der Waals surface area (Å²) in [5.41, 5.74) is 1.28. The third-order valence-electron chi connectivity index (χ3n) is 3.91. The van der Waals surface area contributed by atoms with Crippen molar-refractivity contribution in [3.63, 3.8) is 0 Å². The Morgan fingerprint density at radius 2 is 2.08 bits per heavy atom. The first-order chi connectivity index (χ1) is 12.2. The molecule has 4 rings (SSSR count). The zero-order valence-electron chi connectivity index (χ0n) is 13.4. The molecule has 25 heavy (non-hydrogen) atoms. The quantitative estimate of drug-likeness (QED) is 0.633. The van der Waals surface area contributed by atoms with E-state index in [4.69, 9.17) is 9.47 Å². The van der Waals surface area contributed by atoms with Crippen LogP contribution >= 0.6 is 15.9 Å². The Balaban J connectivity index is 1.80. The minimum Gasteiger partial charge on any atom is -0.454 e. The van der Waals surface area contributed by atoms with Crippen molar-refractivity contribution < 1.29 is 9.47 Å². The van der Waals surface area contributed by atoms with Crippen molar-refractivity contribution in [3.05, 3.63) is 62.6 Å². The normalized spacial score (nSPS) is 13.0. The van der Waals surface area contributed by atoms with Gasteiger partial charge >= 0.3 is 0 Å². The molecule has 1 aliphatic rings. The average molecular weight is 400 g/mol. The lowest BCUT2D eigenvalue weighted by Crippen LogP contribution is -2.22. The number of ether oxygens (including phenoxy) is 2. The molecule has 0 N–H and O–H groups in total. The lowest BCUT2D eigenvalue weighted by atomic mass is 10.2. The molecule has 0 spiro atoms. The van der Waals surface area contributed by atoms with Gasteiger partial charge in [0.2, 0.25) is 6.79 Å². The van der Waals surface area contributed by atoms with Crippen LogP contribution in [0, 0.1) is 0 Å². The Morgan fingerprint density at radius 1 is 1.24 bits per heavy atom. The van der Waals surface area contributed by atoms with Gasteiger partial charge in [0.1, 0.15) is 5.82 Å². The fourth-order valence-corrected chi connectivity index (χ4v) is 3.02. The summed E-state index contributed by atoms with van der Waals surface area (Å²) in [6, 6.07) is 11.0. The van der Waals surface area contributed by atoms with Gasteiger partial charge in [0.05, 0.1) is 17.1 Å². The van der Waals surface area contributed by atoms with E-state index in [1.54, 1.807) is 12.3 Å². The second-order valence-corrected chi connectivity index (χ2v) is 6.43. The number of halogens is 1. The lowest BCUT2D eigenvalue weighted by molar-refractivity contribution is 0.174. The molecule has 2 aromatic carbocycles. The molecule has 0 atom stereocenters. The van der Waals surface area contributed by atoms with Gasteiger partial charge in [-0.25, -0.2) is 4.98 Å². The van der Waals surface area contributed by atoms with E-state index in [1.165, 1.54) is 4.68 Å². The van der Waals surface area contributed by atoms with Gasteiger partial charge in [0.25, 0.3) is 5.56 Å². The van der Waals surface area contributed by atoms with Gasteiger partial charge in [-0.05, 0) is 42.0 Å². The van der Waals surface area contributed by atoms with Crippen molar-refractivity contribution in [2.75, 3.05) is 6.79 Å². The average Bonchev–Trinajstić information content (AvgIpc) is 3.09. The number of nitrogens with zero attached hydrogens (tertiary/aromatic N) is 3. The van der Waals surface area contributed by atoms with E-state index in [0.29, 0.717) is 34.6 Å². The summed E-state index contributed by atoms with van der Waals surface area (Å²) in [5.74, 6) is 1.99. The van der Waals surface area contributed by atoms with Crippen LogP contribution in [0.25, 0.3) is 10.9 Å². The molecule has 7 heteroatoms. The fraction of sp³-hybridized carbons (Fsp3) is 0.167. The van der Waals surface area contributed by atoms with Gasteiger partial charge in [0, 0.05) is 10.9 Å². The fourth-order valence-electron chi connectivity index (χ4n) is 2.66. The Labute approximate surface area is 151 Å². The van der Waals surface area contributed by atoms with Crippen LogP contribution in [0.3, 0.4) is 0 Å². The third kappa shape index (κ3) is 2.91. The Kier molecular flexibility index (Phi) is 4.01. The van der Waals surface area contributed by atoms with Gasteiger partial charge in [-0.15, -0.1) is 0 Å². The number of hydrogen-bond donors (Lipinski definition) is 0. The predicted octanol–water partition coefficient (Wildman–Crippen LogP) is 3.33. The summed E-state index contributed by atoms with van der Waals surface area (Å²) in [6.45, 7) is 2.16. The zero-order chi connectivity index (χ0) is 17.4. The summed E-state index contributed by atoms with van der Waals surface area (Å²) in [4.78, 5) is 17.4. The van der Waals surface area contributed by atoms with Crippen LogP contribution in [0.2, 0.25) is 0 Å². The van der Waals surface area contributed by atoms with Crippen LogP contribution in [-0.4, -0.2) is 22.7 Å². The third-order valence-corrected chi connectivity index (χ3v) is 4.40. The van der Waals surface area contributed by atoms with Gasteiger partial charge < -0.3 is 9.47 Å². The molecule has 0 fully saturated rings. The van der Waals surface area contributed by atoms with Crippen LogP contribution in [0.1, 0.15) is 18.3 Å². The number of fused-ring (bicyclic) bond motifs is 2. The number of benzene rings is 2. The van der Waals surface area contributed by atoms with Crippen LogP contribution in [0.15, 0.2) is 50.8 Å². The molecule has 0 aliphatic carbocycles. The van der Waals surface area contributed by atoms with Crippen molar-refractivity contribution >= 4 is 33.0 Å². The molecule has 0 saturated carbocycles. The van der Waals surface area contributed by atoms with E-state index < -0.39 is 0 Å². The Bertz CT molecular complexity index is 1060. The second-order valence-electron chi connectivity index (χ2n) is 5.52. The molecule has 0 bridgehead atoms. The first-order valence-corrected chi connectivity index (χ1v) is 8.60. The van der Waals surface area contributed by atoms with Crippen LogP contribution in [0.5, 0.6) is 11.5 Å². The van der Waals surface area contributed by atoms with E-state index in [9.17, 15) is 4.79 Å². The van der Waals surface area contributed by atoms with Crippen LogP contribution in [-0.2, 0) is 6.42 Å². The molecular formula is C18H14BrN3O3. The standard InChI is InChI=1S/C18H14BrN3O3/c1-2-17-21-14-5-4-12(19)8-13(14)18(23)22(17)20-9-11-3-6-15-16(7-11)25-10-24-15/h3-9H,2,10H2,1H3. The molecule has 126 valence electrons. The highest BCUT2D eigenvalue weighted by atomic mass is 79.9. The van der Waals surface area contributed by atoms with E-state index >= 15 is 0 Å². The van der Waals surface area contributed by atoms with Crippen LogP contribution < -0.4 is 15.0 Å². The van der Waals surface area contributed by atoms with E-state index in [0.717, 1.165) is 10.0 Å². The van der Waals surface area contributed by atoms with Crippen LogP contribution in [0.4, 0.5) is 0 Å². The minimum atomic E-state index is -0.194. The number of rotatable bonds is 3. The smallest absolute Gasteiger partial charge is 0.282 e. The topological polar surface area (TPSA) is 65.7 Å². The van der Waals surface area contributed by atoms with E-state index in [-0.39, 0.29) is 12.4 Å². The molecule has 0 saturated heterocycles. The molecule has 3 aromatic rings. The Hall–Kier alpha value is -2.67. The predicted molar refractivity (Wildman–Crippen MR) is 98.6 cm³/mol. The molecule has 6 nitrogen and oxygen atoms in total. The largest absolute Gasteiger partial charge is 0.454 e. The lowest BCUT2D eigenvalue weighted by Gasteiger charge is -2.07. The van der Waals surface area contributed by atoms with Crippen molar-refractivity contribution in [2.45, 2.75) is 13.3 Å². The first kappa shape index (κ1) is 15.8. The summed E-state index contributed by atoms with van der Waals surface area (Å²) < 4.78 is 12.8. The van der Waals surface area contributed by atoms with Gasteiger partial charge in [0.15, 0.2) is 11.5 Å². The van der Waals surface area contributed by atoms with Gasteiger partial charge in [-0.3, -0.25) is 4.79 Å². The molecule has 1 aromatic heterocycles. The van der Waals surface area contributed by atoms with Crippen molar-refractivity contribution in [2.24, 2.45) is 5.10 Å². The maximum atomic E-state index is 12.8. The maximum Gasteiger partial charge on any atom is 0.282 e. The molecular weight excluding hydrogens is 386 g/mol. The highest BCUT2D eigenvalue weighted by Crippen LogP contribution is 2.32. The summed E-state index contributed by atoms with van der Waals surface area (Å²) >= 11 is 3.39. The number of aryl methyl sites for hydroxylation is 1. The van der Waals surface area contributed by atoms with E-state index in [2.05, 4.69) is 26.0 Å². The maximum absolute atomic E-state index is 12.8. The van der Waals surface area contributed by atoms with E-state index in [1.807, 2.05) is 37.3 Å². The van der Waals surface area contributed by atoms with Crippen molar-refractivity contribution in [3.8, 4) is 11.5 Å². The van der Waals surface area contributed by atoms with Crippen molar-refractivity contribution in [1.29, 1.82) is 0 Å². The highest BCUT2D eigenvalue weighted by Gasteiger charge is 2.13. The molecule has 0 unspecified atom stereocenters. The molecule has 0 radical (unpaired) electrons. The summed E-state index contributed by atoms with van der Waals surface area (Å²) in [6.07, 6.45) is 2.22. The van der Waals surface area contributed by atoms with Gasteiger partial charge in [-0.2, -0.15) is 9.78 Å². The van der Waals surface area contributed by atoms with Gasteiger partial charge in [-0.1, -0.05) is 22.9 Å². The monoisotopic (exact) mass is 399 g/mol. The summed E-state index contributed by atoms with van der Waals surface area (Å²) in [5, 5.41) is 4.88. The highest BCUT2D eigenvalue weighted by molar-refractivity contribution is 9.10. The first-order valence-electron chi connectivity index (χ1n) is 7.81.